The molecule has 0 amide bonds. The van der Waals surface area contributed by atoms with Crippen molar-refractivity contribution in [2.45, 2.75) is 33.6 Å². The lowest BCUT2D eigenvalue weighted by atomic mass is 9.97. The predicted octanol–water partition coefficient (Wildman–Crippen LogP) is 3.30. The summed E-state index contributed by atoms with van der Waals surface area (Å²) in [5.41, 5.74) is 3.50. The molecule has 0 saturated heterocycles. The molecular weight excluding hydrogens is 210 g/mol. The monoisotopic (exact) mass is 231 g/mol. The molecule has 17 heavy (non-hydrogen) atoms. The molecule has 2 heteroatoms. The van der Waals surface area contributed by atoms with Crippen molar-refractivity contribution >= 4 is 11.5 Å². The minimum Gasteiger partial charge on any atom is -0.371 e. The standard InChI is InChI=1S/C15H21NO/c1-11(2)10-16-8-4-5-13-6-7-14(12(3)17)9-15(13)16/h6-7,9,11H,4-5,8,10H2,1-3H3. The van der Waals surface area contributed by atoms with Crippen molar-refractivity contribution < 1.29 is 4.79 Å². The first kappa shape index (κ1) is 12.2. The molecule has 1 aromatic rings. The van der Waals surface area contributed by atoms with Crippen LogP contribution in [0.2, 0.25) is 0 Å². The molecule has 0 unspecified atom stereocenters. The lowest BCUT2D eigenvalue weighted by Crippen LogP contribution is -2.32. The van der Waals surface area contributed by atoms with E-state index in [0.717, 1.165) is 25.1 Å². The number of ketones is 1. The molecule has 0 saturated carbocycles. The van der Waals surface area contributed by atoms with E-state index in [9.17, 15) is 4.79 Å². The van der Waals surface area contributed by atoms with Gasteiger partial charge < -0.3 is 4.90 Å². The van der Waals surface area contributed by atoms with Crippen LogP contribution in [0.25, 0.3) is 0 Å². The predicted molar refractivity (Wildman–Crippen MR) is 71.8 cm³/mol. The highest BCUT2D eigenvalue weighted by molar-refractivity contribution is 5.95. The Hall–Kier alpha value is -1.31. The Bertz CT molecular complexity index is 423. The zero-order chi connectivity index (χ0) is 12.4. The largest absolute Gasteiger partial charge is 0.371 e. The van der Waals surface area contributed by atoms with E-state index in [1.165, 1.54) is 17.7 Å². The van der Waals surface area contributed by atoms with E-state index in [4.69, 9.17) is 0 Å². The number of nitrogens with zero attached hydrogens (tertiary/aromatic N) is 1. The van der Waals surface area contributed by atoms with E-state index in [2.05, 4.69) is 30.9 Å². The Morgan fingerprint density at radius 1 is 1.41 bits per heavy atom. The third kappa shape index (κ3) is 2.68. The van der Waals surface area contributed by atoms with Gasteiger partial charge in [0.2, 0.25) is 0 Å². The van der Waals surface area contributed by atoms with Crippen molar-refractivity contribution in [2.75, 3.05) is 18.0 Å². The molecule has 0 aliphatic carbocycles. The van der Waals surface area contributed by atoms with E-state index >= 15 is 0 Å². The molecule has 1 aliphatic rings. The highest BCUT2D eigenvalue weighted by Gasteiger charge is 2.18. The second-order valence-corrected chi connectivity index (χ2v) is 5.34. The number of hydrogen-bond donors (Lipinski definition) is 0. The second-order valence-electron chi connectivity index (χ2n) is 5.34. The molecular formula is C15H21NO. The van der Waals surface area contributed by atoms with Crippen LogP contribution in [0.1, 0.15) is 43.1 Å². The molecule has 0 fully saturated rings. The maximum atomic E-state index is 11.4. The smallest absolute Gasteiger partial charge is 0.159 e. The first-order valence-electron chi connectivity index (χ1n) is 6.46. The fourth-order valence-electron chi connectivity index (χ4n) is 2.50. The topological polar surface area (TPSA) is 20.3 Å². The van der Waals surface area contributed by atoms with Gasteiger partial charge >= 0.3 is 0 Å². The summed E-state index contributed by atoms with van der Waals surface area (Å²) < 4.78 is 0. The number of fused-ring (bicyclic) bond motifs is 1. The van der Waals surface area contributed by atoms with Gasteiger partial charge in [-0.2, -0.15) is 0 Å². The van der Waals surface area contributed by atoms with Gasteiger partial charge in [-0.1, -0.05) is 26.0 Å². The lowest BCUT2D eigenvalue weighted by Gasteiger charge is -2.33. The van der Waals surface area contributed by atoms with E-state index in [1.807, 2.05) is 6.07 Å². The summed E-state index contributed by atoms with van der Waals surface area (Å²) >= 11 is 0. The number of carbonyl (C=O) groups excluding carboxylic acids is 1. The van der Waals surface area contributed by atoms with Crippen LogP contribution in [0.15, 0.2) is 18.2 Å². The summed E-state index contributed by atoms with van der Waals surface area (Å²) in [5, 5.41) is 0. The van der Waals surface area contributed by atoms with Gasteiger partial charge in [0.25, 0.3) is 0 Å². The number of aryl methyl sites for hydroxylation is 1. The number of rotatable bonds is 3. The third-order valence-electron chi connectivity index (χ3n) is 3.29. The zero-order valence-electron chi connectivity index (χ0n) is 11.0. The summed E-state index contributed by atoms with van der Waals surface area (Å²) in [4.78, 5) is 13.9. The summed E-state index contributed by atoms with van der Waals surface area (Å²) in [6, 6.07) is 6.15. The Labute approximate surface area is 104 Å². The Morgan fingerprint density at radius 2 is 2.18 bits per heavy atom. The molecule has 0 atom stereocenters. The minimum atomic E-state index is 0.155. The van der Waals surface area contributed by atoms with Crippen LogP contribution in [-0.2, 0) is 6.42 Å². The number of anilines is 1. The van der Waals surface area contributed by atoms with Crippen LogP contribution in [0, 0.1) is 5.92 Å². The Morgan fingerprint density at radius 3 is 2.82 bits per heavy atom. The molecule has 1 aliphatic heterocycles. The van der Waals surface area contributed by atoms with E-state index < -0.39 is 0 Å². The van der Waals surface area contributed by atoms with Gasteiger partial charge in [-0.3, -0.25) is 4.79 Å². The van der Waals surface area contributed by atoms with E-state index in [0.29, 0.717) is 5.92 Å². The summed E-state index contributed by atoms with van der Waals surface area (Å²) in [7, 11) is 0. The first-order valence-corrected chi connectivity index (χ1v) is 6.46. The molecule has 92 valence electrons. The maximum absolute atomic E-state index is 11.4. The molecule has 2 nitrogen and oxygen atoms in total. The summed E-state index contributed by atoms with van der Waals surface area (Å²) in [6.07, 6.45) is 2.36. The highest BCUT2D eigenvalue weighted by Crippen LogP contribution is 2.29. The molecule has 2 rings (SSSR count). The quantitative estimate of drug-likeness (QED) is 0.744. The highest BCUT2D eigenvalue weighted by atomic mass is 16.1. The van der Waals surface area contributed by atoms with Gasteiger partial charge in [0.15, 0.2) is 5.78 Å². The Kier molecular flexibility index (Phi) is 3.51. The molecule has 0 spiro atoms. The fraction of sp³-hybridized carbons (Fsp3) is 0.533. The fourth-order valence-corrected chi connectivity index (χ4v) is 2.50. The molecule has 0 bridgehead atoms. The number of carbonyl (C=O) groups is 1. The van der Waals surface area contributed by atoms with Crippen LogP contribution in [0.4, 0.5) is 5.69 Å². The first-order chi connectivity index (χ1) is 8.08. The molecule has 1 aromatic carbocycles. The van der Waals surface area contributed by atoms with E-state index in [-0.39, 0.29) is 5.78 Å². The lowest BCUT2D eigenvalue weighted by molar-refractivity contribution is 0.101. The zero-order valence-corrected chi connectivity index (χ0v) is 11.0. The van der Waals surface area contributed by atoms with Gasteiger partial charge in [-0.15, -0.1) is 0 Å². The Balaban J connectivity index is 2.34. The summed E-state index contributed by atoms with van der Waals surface area (Å²) in [5.74, 6) is 0.810. The van der Waals surface area contributed by atoms with Crippen molar-refractivity contribution in [3.63, 3.8) is 0 Å². The SMILES string of the molecule is CC(=O)c1ccc2c(c1)N(CC(C)C)CCC2. The van der Waals surface area contributed by atoms with E-state index in [1.54, 1.807) is 6.92 Å². The van der Waals surface area contributed by atoms with Gasteiger partial charge in [0, 0.05) is 24.3 Å². The van der Waals surface area contributed by atoms with Crippen LogP contribution >= 0.6 is 0 Å². The van der Waals surface area contributed by atoms with Crippen molar-refractivity contribution in [2.24, 2.45) is 5.92 Å². The molecule has 0 radical (unpaired) electrons. The van der Waals surface area contributed by atoms with Crippen molar-refractivity contribution in [3.05, 3.63) is 29.3 Å². The van der Waals surface area contributed by atoms with Gasteiger partial charge in [-0.05, 0) is 37.3 Å². The number of benzene rings is 1. The number of hydrogen-bond acceptors (Lipinski definition) is 2. The van der Waals surface area contributed by atoms with Crippen LogP contribution in [0.5, 0.6) is 0 Å². The van der Waals surface area contributed by atoms with Crippen molar-refractivity contribution in [1.82, 2.24) is 0 Å². The molecule has 0 aromatic heterocycles. The number of Topliss-reactive ketones (excluding diaryl/α,β-unsaturated/α-hetero) is 1. The van der Waals surface area contributed by atoms with Crippen molar-refractivity contribution in [3.8, 4) is 0 Å². The maximum Gasteiger partial charge on any atom is 0.159 e. The van der Waals surface area contributed by atoms with Crippen molar-refractivity contribution in [1.29, 1.82) is 0 Å². The normalized spacial score (nSPS) is 14.9. The third-order valence-corrected chi connectivity index (χ3v) is 3.29. The van der Waals surface area contributed by atoms with Crippen LogP contribution in [0.3, 0.4) is 0 Å². The van der Waals surface area contributed by atoms with Crippen LogP contribution in [-0.4, -0.2) is 18.9 Å². The summed E-state index contributed by atoms with van der Waals surface area (Å²) in [6.45, 7) is 8.31. The van der Waals surface area contributed by atoms with Gasteiger partial charge in [0.1, 0.15) is 0 Å². The van der Waals surface area contributed by atoms with Gasteiger partial charge in [-0.25, -0.2) is 0 Å². The average Bonchev–Trinajstić information content (AvgIpc) is 2.28. The molecule has 1 heterocycles. The van der Waals surface area contributed by atoms with Crippen LogP contribution < -0.4 is 4.90 Å². The van der Waals surface area contributed by atoms with Gasteiger partial charge in [0.05, 0.1) is 0 Å². The minimum absolute atomic E-state index is 0.155. The molecule has 0 N–H and O–H groups in total. The average molecular weight is 231 g/mol. The second kappa shape index (κ2) is 4.91.